The number of hydrogen-bond donors (Lipinski definition) is 2. The molecule has 2 atom stereocenters. The third-order valence-corrected chi connectivity index (χ3v) is 5.99. The van der Waals surface area contributed by atoms with Crippen LogP contribution in [0.25, 0.3) is 0 Å². The number of thioether (sulfide) groups is 1. The van der Waals surface area contributed by atoms with Gasteiger partial charge in [-0.15, -0.1) is 10.2 Å². The molecule has 7 nitrogen and oxygen atoms in total. The first kappa shape index (κ1) is 19.4. The van der Waals surface area contributed by atoms with Gasteiger partial charge in [0, 0.05) is 19.9 Å². The van der Waals surface area contributed by atoms with Crippen molar-refractivity contribution in [1.82, 2.24) is 20.1 Å². The van der Waals surface area contributed by atoms with Crippen LogP contribution >= 0.6 is 11.8 Å². The number of amides is 2. The van der Waals surface area contributed by atoms with E-state index in [-0.39, 0.29) is 29.5 Å². The summed E-state index contributed by atoms with van der Waals surface area (Å²) in [5, 5.41) is 11.8. The van der Waals surface area contributed by atoms with Crippen LogP contribution in [0.15, 0.2) is 29.4 Å². The molecular formula is C19H25N5O2S. The van der Waals surface area contributed by atoms with Gasteiger partial charge in [0.25, 0.3) is 0 Å². The van der Waals surface area contributed by atoms with E-state index in [2.05, 4.69) is 27.6 Å². The molecule has 144 valence electrons. The largest absolute Gasteiger partial charge is 0.370 e. The SMILES string of the molecule is C[C@@H](Sc1nnc(CCC(N)=O)n1C)C(=O)N[C@@H]1CCCc2ccccc21. The van der Waals surface area contributed by atoms with Crippen LogP contribution < -0.4 is 11.1 Å². The van der Waals surface area contributed by atoms with E-state index in [1.807, 2.05) is 30.7 Å². The molecule has 1 aliphatic rings. The lowest BCUT2D eigenvalue weighted by Gasteiger charge is -2.27. The molecule has 8 heteroatoms. The summed E-state index contributed by atoms with van der Waals surface area (Å²) in [5.41, 5.74) is 7.73. The van der Waals surface area contributed by atoms with Gasteiger partial charge >= 0.3 is 0 Å². The van der Waals surface area contributed by atoms with E-state index in [9.17, 15) is 9.59 Å². The molecule has 0 unspecified atom stereocenters. The van der Waals surface area contributed by atoms with E-state index in [1.165, 1.54) is 22.9 Å². The first-order chi connectivity index (χ1) is 13.0. The number of aryl methyl sites for hydroxylation is 2. The predicted octanol–water partition coefficient (Wildman–Crippen LogP) is 1.91. The minimum absolute atomic E-state index is 0.0108. The molecule has 0 aliphatic heterocycles. The van der Waals surface area contributed by atoms with Crippen molar-refractivity contribution in [3.05, 3.63) is 41.2 Å². The average Bonchev–Trinajstić information content (AvgIpc) is 3.00. The molecule has 2 amide bonds. The monoisotopic (exact) mass is 387 g/mol. The molecule has 1 aromatic heterocycles. The lowest BCUT2D eigenvalue weighted by Crippen LogP contribution is -2.36. The van der Waals surface area contributed by atoms with Crippen molar-refractivity contribution in [2.24, 2.45) is 12.8 Å². The number of nitrogens with zero attached hydrogens (tertiary/aromatic N) is 3. The third kappa shape index (κ3) is 4.68. The lowest BCUT2D eigenvalue weighted by molar-refractivity contribution is -0.121. The van der Waals surface area contributed by atoms with Gasteiger partial charge in [0.05, 0.1) is 11.3 Å². The molecule has 3 rings (SSSR count). The van der Waals surface area contributed by atoms with Gasteiger partial charge < -0.3 is 15.6 Å². The molecule has 0 radical (unpaired) electrons. The van der Waals surface area contributed by atoms with Crippen LogP contribution in [0.4, 0.5) is 0 Å². The number of hydrogen-bond acceptors (Lipinski definition) is 5. The van der Waals surface area contributed by atoms with Crippen molar-refractivity contribution in [3.63, 3.8) is 0 Å². The average molecular weight is 388 g/mol. The quantitative estimate of drug-likeness (QED) is 0.707. The first-order valence-electron chi connectivity index (χ1n) is 9.17. The molecule has 27 heavy (non-hydrogen) atoms. The zero-order chi connectivity index (χ0) is 19.4. The van der Waals surface area contributed by atoms with Crippen LogP contribution in [0, 0.1) is 0 Å². The number of nitrogens with one attached hydrogen (secondary N) is 1. The van der Waals surface area contributed by atoms with Crippen molar-refractivity contribution < 1.29 is 9.59 Å². The highest BCUT2D eigenvalue weighted by Crippen LogP contribution is 2.30. The van der Waals surface area contributed by atoms with Gasteiger partial charge in [0.15, 0.2) is 5.16 Å². The smallest absolute Gasteiger partial charge is 0.233 e. The van der Waals surface area contributed by atoms with Crippen LogP contribution in [-0.2, 0) is 29.5 Å². The summed E-state index contributed by atoms with van der Waals surface area (Å²) >= 11 is 1.36. The highest BCUT2D eigenvalue weighted by atomic mass is 32.2. The Kier molecular flexibility index (Phi) is 6.15. The van der Waals surface area contributed by atoms with E-state index < -0.39 is 0 Å². The van der Waals surface area contributed by atoms with Crippen molar-refractivity contribution >= 4 is 23.6 Å². The maximum atomic E-state index is 12.7. The Bertz CT molecular complexity index is 835. The number of primary amides is 1. The Morgan fingerprint density at radius 2 is 2.15 bits per heavy atom. The molecule has 0 spiro atoms. The molecular weight excluding hydrogens is 362 g/mol. The molecule has 0 fully saturated rings. The van der Waals surface area contributed by atoms with Crippen LogP contribution in [0.1, 0.15) is 49.2 Å². The second-order valence-corrected chi connectivity index (χ2v) is 8.14. The van der Waals surface area contributed by atoms with Crippen LogP contribution in [0.5, 0.6) is 0 Å². The minimum Gasteiger partial charge on any atom is -0.370 e. The molecule has 1 aromatic carbocycles. The van der Waals surface area contributed by atoms with E-state index in [0.29, 0.717) is 17.4 Å². The van der Waals surface area contributed by atoms with Gasteiger partial charge in [0.2, 0.25) is 11.8 Å². The normalized spacial score (nSPS) is 17.2. The number of rotatable bonds is 7. The predicted molar refractivity (Wildman–Crippen MR) is 104 cm³/mol. The molecule has 3 N–H and O–H groups in total. The van der Waals surface area contributed by atoms with Crippen molar-refractivity contribution in [2.75, 3.05) is 0 Å². The Morgan fingerprint density at radius 3 is 2.93 bits per heavy atom. The summed E-state index contributed by atoms with van der Waals surface area (Å²) in [7, 11) is 1.83. The van der Waals surface area contributed by atoms with Crippen LogP contribution in [-0.4, -0.2) is 31.8 Å². The summed E-state index contributed by atoms with van der Waals surface area (Å²) in [6.45, 7) is 1.87. The van der Waals surface area contributed by atoms with Crippen molar-refractivity contribution in [2.45, 2.75) is 55.5 Å². The number of carbonyl (C=O) groups excluding carboxylic acids is 2. The molecule has 2 aromatic rings. The lowest BCUT2D eigenvalue weighted by atomic mass is 9.88. The Labute approximate surface area is 163 Å². The number of fused-ring (bicyclic) bond motifs is 1. The molecule has 0 saturated heterocycles. The van der Waals surface area contributed by atoms with Crippen molar-refractivity contribution in [1.29, 1.82) is 0 Å². The second kappa shape index (κ2) is 8.56. The Hall–Kier alpha value is -2.35. The fourth-order valence-electron chi connectivity index (χ4n) is 3.30. The maximum Gasteiger partial charge on any atom is 0.233 e. The number of benzene rings is 1. The summed E-state index contributed by atoms with van der Waals surface area (Å²) in [6, 6.07) is 8.38. The van der Waals surface area contributed by atoms with Gasteiger partial charge in [-0.2, -0.15) is 0 Å². The topological polar surface area (TPSA) is 103 Å². The van der Waals surface area contributed by atoms with E-state index >= 15 is 0 Å². The van der Waals surface area contributed by atoms with Gasteiger partial charge in [-0.05, 0) is 37.3 Å². The highest BCUT2D eigenvalue weighted by Gasteiger charge is 2.25. The summed E-state index contributed by atoms with van der Waals surface area (Å²) < 4.78 is 1.81. The summed E-state index contributed by atoms with van der Waals surface area (Å²) in [5.74, 6) is 0.307. The molecule has 1 aliphatic carbocycles. The fourth-order valence-corrected chi connectivity index (χ4v) is 4.15. The minimum atomic E-state index is -0.368. The fraction of sp³-hybridized carbons (Fsp3) is 0.474. The second-order valence-electron chi connectivity index (χ2n) is 6.84. The Balaban J connectivity index is 1.61. The summed E-state index contributed by atoms with van der Waals surface area (Å²) in [4.78, 5) is 23.6. The molecule has 0 bridgehead atoms. The van der Waals surface area contributed by atoms with Gasteiger partial charge in [-0.25, -0.2) is 0 Å². The van der Waals surface area contributed by atoms with E-state index in [0.717, 1.165) is 19.3 Å². The summed E-state index contributed by atoms with van der Waals surface area (Å²) in [6.07, 6.45) is 3.78. The number of aromatic nitrogens is 3. The standard InChI is InChI=1S/C19H25N5O2S/c1-12(27-19-23-22-17(24(19)2)11-10-16(20)25)18(26)21-15-9-5-7-13-6-3-4-8-14(13)15/h3-4,6,8,12,15H,5,7,9-11H2,1-2H3,(H2,20,25)(H,21,26)/t12-,15-/m1/s1. The maximum absolute atomic E-state index is 12.7. The Morgan fingerprint density at radius 1 is 1.37 bits per heavy atom. The first-order valence-corrected chi connectivity index (χ1v) is 10.0. The zero-order valence-electron chi connectivity index (χ0n) is 15.6. The van der Waals surface area contributed by atoms with Crippen LogP contribution in [0.3, 0.4) is 0 Å². The van der Waals surface area contributed by atoms with E-state index in [4.69, 9.17) is 5.73 Å². The molecule has 1 heterocycles. The number of carbonyl (C=O) groups is 2. The van der Waals surface area contributed by atoms with Crippen molar-refractivity contribution in [3.8, 4) is 0 Å². The molecule has 0 saturated carbocycles. The van der Waals surface area contributed by atoms with Gasteiger partial charge in [-0.3, -0.25) is 9.59 Å². The van der Waals surface area contributed by atoms with E-state index in [1.54, 1.807) is 0 Å². The van der Waals surface area contributed by atoms with Gasteiger partial charge in [-0.1, -0.05) is 36.0 Å². The van der Waals surface area contributed by atoms with Gasteiger partial charge in [0.1, 0.15) is 5.82 Å². The van der Waals surface area contributed by atoms with Crippen LogP contribution in [0.2, 0.25) is 0 Å². The third-order valence-electron chi connectivity index (χ3n) is 4.86. The highest BCUT2D eigenvalue weighted by molar-refractivity contribution is 8.00. The number of nitrogens with two attached hydrogens (primary N) is 1. The zero-order valence-corrected chi connectivity index (χ0v) is 16.5.